The van der Waals surface area contributed by atoms with Crippen molar-refractivity contribution in [3.8, 4) is 0 Å². The smallest absolute Gasteiger partial charge is 0.338 e. The van der Waals surface area contributed by atoms with Gasteiger partial charge in [-0.2, -0.15) is 0 Å². The van der Waals surface area contributed by atoms with Crippen LogP contribution in [0.25, 0.3) is 0 Å². The van der Waals surface area contributed by atoms with Crippen molar-refractivity contribution in [1.82, 2.24) is 0 Å². The van der Waals surface area contributed by atoms with Gasteiger partial charge in [-0.3, -0.25) is 0 Å². The van der Waals surface area contributed by atoms with Crippen LogP contribution in [0.15, 0.2) is 18.2 Å². The van der Waals surface area contributed by atoms with E-state index in [0.717, 1.165) is 25.7 Å². The minimum Gasteiger partial charge on any atom is -0.462 e. The predicted octanol–water partition coefficient (Wildman–Crippen LogP) is 7.76. The third-order valence-electron chi connectivity index (χ3n) is 6.15. The van der Waals surface area contributed by atoms with Gasteiger partial charge in [0.2, 0.25) is 0 Å². The molecule has 0 spiro atoms. The maximum absolute atomic E-state index is 14.6. The van der Waals surface area contributed by atoms with Gasteiger partial charge in [0.05, 0.1) is 25.4 Å². The summed E-state index contributed by atoms with van der Waals surface area (Å²) in [6, 6.07) is 4.40. The Balaban J connectivity index is 1.68. The van der Waals surface area contributed by atoms with E-state index in [1.807, 2.05) is 0 Å². The molecule has 0 N–H and O–H groups in total. The molecule has 0 amide bonds. The summed E-state index contributed by atoms with van der Waals surface area (Å²) in [5.41, 5.74) is 0.574. The second-order valence-corrected chi connectivity index (χ2v) is 9.06. The Bertz CT molecular complexity index is 641. The van der Waals surface area contributed by atoms with Crippen molar-refractivity contribution in [2.45, 2.75) is 104 Å². The van der Waals surface area contributed by atoms with E-state index in [9.17, 15) is 9.18 Å². The zero-order valence-electron chi connectivity index (χ0n) is 20.2. The molecule has 4 nitrogen and oxygen atoms in total. The SMILES string of the molecule is CCCCCCCCOC(=O)c1ccc(C2OCC(CCCCCCCC)CO2)c(F)c1. The van der Waals surface area contributed by atoms with Crippen LogP contribution in [0.2, 0.25) is 0 Å². The Morgan fingerprint density at radius 1 is 0.906 bits per heavy atom. The van der Waals surface area contributed by atoms with E-state index in [1.165, 1.54) is 63.9 Å². The van der Waals surface area contributed by atoms with Crippen LogP contribution >= 0.6 is 0 Å². The van der Waals surface area contributed by atoms with Gasteiger partial charge in [0.25, 0.3) is 0 Å². The lowest BCUT2D eigenvalue weighted by Gasteiger charge is -2.30. The second-order valence-electron chi connectivity index (χ2n) is 9.06. The van der Waals surface area contributed by atoms with Crippen molar-refractivity contribution in [2.24, 2.45) is 5.92 Å². The molecule has 1 aliphatic rings. The van der Waals surface area contributed by atoms with E-state index >= 15 is 0 Å². The van der Waals surface area contributed by atoms with Gasteiger partial charge in [-0.15, -0.1) is 0 Å². The van der Waals surface area contributed by atoms with Gasteiger partial charge < -0.3 is 14.2 Å². The van der Waals surface area contributed by atoms with Crippen molar-refractivity contribution in [2.75, 3.05) is 19.8 Å². The number of carbonyl (C=O) groups is 1. The highest BCUT2D eigenvalue weighted by atomic mass is 19.1. The number of benzene rings is 1. The molecule has 0 aliphatic carbocycles. The number of ether oxygens (including phenoxy) is 3. The molecule has 1 aromatic carbocycles. The average molecular weight is 451 g/mol. The normalized spacial score (nSPS) is 18.6. The van der Waals surface area contributed by atoms with Crippen LogP contribution in [-0.4, -0.2) is 25.8 Å². The van der Waals surface area contributed by atoms with Crippen molar-refractivity contribution in [3.63, 3.8) is 0 Å². The molecule has 1 fully saturated rings. The summed E-state index contributed by atoms with van der Waals surface area (Å²) in [4.78, 5) is 12.2. The summed E-state index contributed by atoms with van der Waals surface area (Å²) < 4.78 is 31.5. The average Bonchev–Trinajstić information content (AvgIpc) is 2.81. The predicted molar refractivity (Wildman–Crippen MR) is 126 cm³/mol. The molecule has 0 aromatic heterocycles. The van der Waals surface area contributed by atoms with E-state index in [4.69, 9.17) is 14.2 Å². The maximum atomic E-state index is 14.6. The highest BCUT2D eigenvalue weighted by Crippen LogP contribution is 2.29. The van der Waals surface area contributed by atoms with Crippen LogP contribution in [0, 0.1) is 11.7 Å². The summed E-state index contributed by atoms with van der Waals surface area (Å²) >= 11 is 0. The summed E-state index contributed by atoms with van der Waals surface area (Å²) in [7, 11) is 0. The molecular formula is C27H43FO4. The topological polar surface area (TPSA) is 44.8 Å². The van der Waals surface area contributed by atoms with Crippen LogP contribution in [0.5, 0.6) is 0 Å². The molecule has 0 saturated carbocycles. The number of halogens is 1. The number of carbonyl (C=O) groups excluding carboxylic acids is 1. The number of hydrogen-bond acceptors (Lipinski definition) is 4. The first-order valence-electron chi connectivity index (χ1n) is 12.9. The fourth-order valence-electron chi connectivity index (χ4n) is 4.08. The number of esters is 1. The van der Waals surface area contributed by atoms with E-state index in [2.05, 4.69) is 13.8 Å². The van der Waals surface area contributed by atoms with Gasteiger partial charge in [0, 0.05) is 11.5 Å². The monoisotopic (exact) mass is 450 g/mol. The zero-order valence-corrected chi connectivity index (χ0v) is 20.2. The molecule has 0 bridgehead atoms. The lowest BCUT2D eigenvalue weighted by molar-refractivity contribution is -0.207. The molecule has 2 rings (SSSR count). The quantitative estimate of drug-likeness (QED) is 0.191. The number of unbranched alkanes of at least 4 members (excludes halogenated alkanes) is 10. The molecule has 5 heteroatoms. The van der Waals surface area contributed by atoms with Gasteiger partial charge in [0.1, 0.15) is 5.82 Å². The lowest BCUT2D eigenvalue weighted by atomic mass is 10.0. The van der Waals surface area contributed by atoms with E-state index in [-0.39, 0.29) is 5.56 Å². The summed E-state index contributed by atoms with van der Waals surface area (Å²) in [5, 5.41) is 0. The second kappa shape index (κ2) is 16.2. The lowest BCUT2D eigenvalue weighted by Crippen LogP contribution is -2.27. The fraction of sp³-hybridized carbons (Fsp3) is 0.741. The van der Waals surface area contributed by atoms with E-state index in [1.54, 1.807) is 12.1 Å². The standard InChI is InChI=1S/C27H43FO4/c1-3-5-7-9-11-13-15-22-20-31-27(32-21-22)24-17-16-23(19-25(24)28)26(29)30-18-14-12-10-8-6-4-2/h16-17,19,22,27H,3-15,18,20-21H2,1-2H3. The van der Waals surface area contributed by atoms with Crippen LogP contribution < -0.4 is 0 Å². The minimum atomic E-state index is -0.705. The van der Waals surface area contributed by atoms with Crippen molar-refractivity contribution in [1.29, 1.82) is 0 Å². The van der Waals surface area contributed by atoms with Crippen LogP contribution in [0.1, 0.15) is 120 Å². The molecule has 1 aliphatic heterocycles. The zero-order chi connectivity index (χ0) is 23.0. The molecule has 0 radical (unpaired) electrons. The van der Waals surface area contributed by atoms with Gasteiger partial charge in [-0.1, -0.05) is 90.5 Å². The van der Waals surface area contributed by atoms with Crippen molar-refractivity contribution < 1.29 is 23.4 Å². The van der Waals surface area contributed by atoms with Gasteiger partial charge in [-0.25, -0.2) is 9.18 Å². The third-order valence-corrected chi connectivity index (χ3v) is 6.15. The first kappa shape index (κ1) is 26.8. The Kier molecular flexibility index (Phi) is 13.6. The van der Waals surface area contributed by atoms with E-state index < -0.39 is 18.1 Å². The maximum Gasteiger partial charge on any atom is 0.338 e. The third kappa shape index (κ3) is 9.99. The fourth-order valence-corrected chi connectivity index (χ4v) is 4.08. The molecular weight excluding hydrogens is 407 g/mol. The molecule has 0 atom stereocenters. The van der Waals surface area contributed by atoms with Gasteiger partial charge in [-0.05, 0) is 25.0 Å². The van der Waals surface area contributed by atoms with Crippen LogP contribution in [0.3, 0.4) is 0 Å². The first-order chi connectivity index (χ1) is 15.7. The minimum absolute atomic E-state index is 0.231. The number of rotatable bonds is 16. The Labute approximate surface area is 194 Å². The van der Waals surface area contributed by atoms with E-state index in [0.29, 0.717) is 31.3 Å². The summed E-state index contributed by atoms with van der Waals surface area (Å²) in [6.45, 7) is 5.96. The van der Waals surface area contributed by atoms with Gasteiger partial charge >= 0.3 is 5.97 Å². The molecule has 32 heavy (non-hydrogen) atoms. The van der Waals surface area contributed by atoms with Crippen LogP contribution in [0.4, 0.5) is 4.39 Å². The highest BCUT2D eigenvalue weighted by Gasteiger charge is 2.26. The Morgan fingerprint density at radius 2 is 1.50 bits per heavy atom. The first-order valence-corrected chi connectivity index (χ1v) is 12.9. The number of hydrogen-bond donors (Lipinski definition) is 0. The molecule has 182 valence electrons. The molecule has 1 heterocycles. The van der Waals surface area contributed by atoms with Crippen LogP contribution in [-0.2, 0) is 14.2 Å². The molecule has 1 saturated heterocycles. The Morgan fingerprint density at radius 3 is 2.12 bits per heavy atom. The molecule has 0 unspecified atom stereocenters. The summed E-state index contributed by atoms with van der Waals surface area (Å²) in [5.74, 6) is -0.594. The highest BCUT2D eigenvalue weighted by molar-refractivity contribution is 5.89. The largest absolute Gasteiger partial charge is 0.462 e. The van der Waals surface area contributed by atoms with Crippen molar-refractivity contribution in [3.05, 3.63) is 35.1 Å². The van der Waals surface area contributed by atoms with Crippen molar-refractivity contribution >= 4 is 5.97 Å². The summed E-state index contributed by atoms with van der Waals surface area (Å²) in [6.07, 6.45) is 14.8. The Hall–Kier alpha value is -1.46. The molecule has 1 aromatic rings. The van der Waals surface area contributed by atoms with Gasteiger partial charge in [0.15, 0.2) is 6.29 Å².